The van der Waals surface area contributed by atoms with Crippen LogP contribution in [0.15, 0.2) is 29.2 Å². The van der Waals surface area contributed by atoms with Crippen molar-refractivity contribution in [2.24, 2.45) is 5.14 Å². The fraction of sp³-hybridized carbons (Fsp3) is 0.143. The molecule has 0 amide bonds. The van der Waals surface area contributed by atoms with E-state index in [0.29, 0.717) is 16.7 Å². The molecule has 0 saturated heterocycles. The van der Waals surface area contributed by atoms with Gasteiger partial charge in [0.1, 0.15) is 5.75 Å². The van der Waals surface area contributed by atoms with Crippen molar-refractivity contribution in [3.05, 3.63) is 24.3 Å². The third-order valence-electron chi connectivity index (χ3n) is 1.26. The molecule has 1 aromatic carbocycles. The van der Waals surface area contributed by atoms with E-state index in [4.69, 9.17) is 0 Å². The summed E-state index contributed by atoms with van der Waals surface area (Å²) < 4.78 is 49.1. The predicted octanol–water partition coefficient (Wildman–Crippen LogP) is 1.58. The van der Waals surface area contributed by atoms with Gasteiger partial charge >= 0.3 is 10.3 Å². The van der Waals surface area contributed by atoms with Crippen molar-refractivity contribution in [3.8, 4) is 5.75 Å². The minimum atomic E-state index is -4.07. The van der Waals surface area contributed by atoms with Gasteiger partial charge in [0.25, 0.3) is 5.76 Å². The van der Waals surface area contributed by atoms with E-state index in [0.717, 1.165) is 0 Å². The molecule has 84 valence electrons. The van der Waals surface area contributed by atoms with Crippen LogP contribution in [0.25, 0.3) is 0 Å². The molecular weight excluding hydrogens is 248 g/mol. The van der Waals surface area contributed by atoms with Crippen LogP contribution >= 0.6 is 11.8 Å². The highest BCUT2D eigenvalue weighted by atomic mass is 32.2. The van der Waals surface area contributed by atoms with Crippen molar-refractivity contribution in [1.82, 2.24) is 0 Å². The van der Waals surface area contributed by atoms with Crippen LogP contribution in [0.5, 0.6) is 5.75 Å². The van der Waals surface area contributed by atoms with E-state index < -0.39 is 16.1 Å². The number of rotatable bonds is 4. The summed E-state index contributed by atoms with van der Waals surface area (Å²) in [6.07, 6.45) is 0. The fourth-order valence-electron chi connectivity index (χ4n) is 0.811. The maximum Gasteiger partial charge on any atom is 0.380 e. The first kappa shape index (κ1) is 12.2. The van der Waals surface area contributed by atoms with Gasteiger partial charge in [-0.3, -0.25) is 0 Å². The number of alkyl halides is 2. The van der Waals surface area contributed by atoms with E-state index in [1.807, 2.05) is 0 Å². The lowest BCUT2D eigenvalue weighted by molar-refractivity contribution is 0.252. The third kappa shape index (κ3) is 4.96. The lowest BCUT2D eigenvalue weighted by Gasteiger charge is -2.03. The summed E-state index contributed by atoms with van der Waals surface area (Å²) in [6.45, 7) is 0. The van der Waals surface area contributed by atoms with Crippen molar-refractivity contribution < 1.29 is 21.4 Å². The largest absolute Gasteiger partial charge is 0.380 e. The topological polar surface area (TPSA) is 69.4 Å². The van der Waals surface area contributed by atoms with E-state index in [1.54, 1.807) is 0 Å². The normalized spacial score (nSPS) is 11.7. The number of benzene rings is 1. The van der Waals surface area contributed by atoms with Gasteiger partial charge in [-0.2, -0.15) is 22.3 Å². The Bertz CT molecular complexity index is 418. The SMILES string of the molecule is NS(=O)(=O)Oc1ccc(SC(F)F)cc1. The molecule has 4 nitrogen and oxygen atoms in total. The van der Waals surface area contributed by atoms with Gasteiger partial charge in [-0.05, 0) is 24.3 Å². The number of halogens is 2. The smallest absolute Gasteiger partial charge is 0.371 e. The van der Waals surface area contributed by atoms with Crippen LogP contribution in [0.3, 0.4) is 0 Å². The Morgan fingerprint density at radius 2 is 1.80 bits per heavy atom. The van der Waals surface area contributed by atoms with E-state index in [9.17, 15) is 17.2 Å². The van der Waals surface area contributed by atoms with E-state index in [-0.39, 0.29) is 5.75 Å². The Morgan fingerprint density at radius 1 is 1.27 bits per heavy atom. The molecule has 0 aliphatic rings. The van der Waals surface area contributed by atoms with Gasteiger partial charge in [0, 0.05) is 4.90 Å². The summed E-state index contributed by atoms with van der Waals surface area (Å²) in [6, 6.07) is 5.12. The van der Waals surface area contributed by atoms with Crippen molar-refractivity contribution in [3.63, 3.8) is 0 Å². The number of hydrogen-bond acceptors (Lipinski definition) is 4. The molecule has 0 saturated carbocycles. The minimum absolute atomic E-state index is 0.0175. The average molecular weight is 255 g/mol. The molecule has 0 aliphatic heterocycles. The van der Waals surface area contributed by atoms with Crippen LogP contribution in [0, 0.1) is 0 Å². The minimum Gasteiger partial charge on any atom is -0.371 e. The monoisotopic (exact) mass is 255 g/mol. The van der Waals surface area contributed by atoms with Gasteiger partial charge in [0.05, 0.1) is 0 Å². The molecule has 0 bridgehead atoms. The molecular formula is C7H7F2NO3S2. The van der Waals surface area contributed by atoms with Crippen LogP contribution in [-0.4, -0.2) is 14.2 Å². The Balaban J connectivity index is 2.73. The summed E-state index contributed by atoms with van der Waals surface area (Å²) >= 11 is 0.356. The highest BCUT2D eigenvalue weighted by Gasteiger charge is 2.07. The number of nitrogens with two attached hydrogens (primary N) is 1. The Morgan fingerprint density at radius 3 is 2.20 bits per heavy atom. The molecule has 0 spiro atoms. The zero-order valence-electron chi connectivity index (χ0n) is 7.26. The summed E-state index contributed by atoms with van der Waals surface area (Å²) in [5.74, 6) is -2.54. The number of hydrogen-bond donors (Lipinski definition) is 1. The van der Waals surface area contributed by atoms with Crippen LogP contribution in [0.2, 0.25) is 0 Å². The van der Waals surface area contributed by atoms with Crippen molar-refractivity contribution in [2.45, 2.75) is 10.7 Å². The molecule has 0 radical (unpaired) electrons. The lowest BCUT2D eigenvalue weighted by Crippen LogP contribution is -2.18. The van der Waals surface area contributed by atoms with Gasteiger partial charge in [-0.25, -0.2) is 0 Å². The molecule has 8 heteroatoms. The fourth-order valence-corrected chi connectivity index (χ4v) is 1.69. The van der Waals surface area contributed by atoms with Gasteiger partial charge < -0.3 is 4.18 Å². The first-order valence-corrected chi connectivity index (χ1v) is 5.99. The summed E-state index contributed by atoms with van der Waals surface area (Å²) in [4.78, 5) is 0.312. The second kappa shape index (κ2) is 4.77. The molecule has 0 aromatic heterocycles. The Hall–Kier alpha value is -0.860. The Labute approximate surface area is 89.7 Å². The first-order chi connectivity index (χ1) is 6.87. The van der Waals surface area contributed by atoms with E-state index in [1.165, 1.54) is 24.3 Å². The van der Waals surface area contributed by atoms with E-state index in [2.05, 4.69) is 9.32 Å². The maximum atomic E-state index is 11.9. The molecule has 0 unspecified atom stereocenters. The molecule has 15 heavy (non-hydrogen) atoms. The molecule has 0 atom stereocenters. The first-order valence-electron chi connectivity index (χ1n) is 3.64. The summed E-state index contributed by atoms with van der Waals surface area (Å²) in [5.41, 5.74) is 0. The molecule has 1 rings (SSSR count). The maximum absolute atomic E-state index is 11.9. The quantitative estimate of drug-likeness (QED) is 0.829. The molecule has 0 heterocycles. The second-order valence-corrected chi connectivity index (χ2v) is 4.64. The zero-order valence-corrected chi connectivity index (χ0v) is 8.89. The van der Waals surface area contributed by atoms with E-state index >= 15 is 0 Å². The van der Waals surface area contributed by atoms with Crippen LogP contribution in [-0.2, 0) is 10.3 Å². The lowest BCUT2D eigenvalue weighted by atomic mass is 10.3. The van der Waals surface area contributed by atoms with Gasteiger partial charge in [0.2, 0.25) is 0 Å². The van der Waals surface area contributed by atoms with Crippen molar-refractivity contribution in [2.75, 3.05) is 0 Å². The summed E-state index contributed by atoms with van der Waals surface area (Å²) in [7, 11) is -4.07. The number of thioether (sulfide) groups is 1. The summed E-state index contributed by atoms with van der Waals surface area (Å²) in [5, 5.41) is 4.61. The van der Waals surface area contributed by atoms with Crippen LogP contribution < -0.4 is 9.32 Å². The zero-order chi connectivity index (χ0) is 11.5. The molecule has 0 fully saturated rings. The standard InChI is InChI=1S/C7H7F2NO3S2/c8-7(9)14-6-3-1-5(2-4-6)13-15(10,11)12/h1-4,7H,(H2,10,11,12). The highest BCUT2D eigenvalue weighted by molar-refractivity contribution is 7.99. The molecule has 1 aromatic rings. The van der Waals surface area contributed by atoms with Gasteiger partial charge in [0.15, 0.2) is 0 Å². The third-order valence-corrected chi connectivity index (χ3v) is 2.41. The van der Waals surface area contributed by atoms with Gasteiger partial charge in [-0.15, -0.1) is 0 Å². The van der Waals surface area contributed by atoms with Crippen LogP contribution in [0.4, 0.5) is 8.78 Å². The van der Waals surface area contributed by atoms with Gasteiger partial charge in [-0.1, -0.05) is 11.8 Å². The highest BCUT2D eigenvalue weighted by Crippen LogP contribution is 2.26. The Kier molecular flexibility index (Phi) is 3.89. The second-order valence-electron chi connectivity index (χ2n) is 2.43. The predicted molar refractivity (Wildman–Crippen MR) is 52.0 cm³/mol. The van der Waals surface area contributed by atoms with Crippen LogP contribution in [0.1, 0.15) is 0 Å². The van der Waals surface area contributed by atoms with Crippen molar-refractivity contribution >= 4 is 22.1 Å². The van der Waals surface area contributed by atoms with Crippen molar-refractivity contribution in [1.29, 1.82) is 0 Å². The molecule has 0 aliphatic carbocycles. The average Bonchev–Trinajstić information content (AvgIpc) is 2.05. The molecule has 2 N–H and O–H groups in total.